The molecule has 3 aromatic rings. The van der Waals surface area contributed by atoms with E-state index in [0.29, 0.717) is 27.7 Å². The molecule has 0 bridgehead atoms. The lowest BCUT2D eigenvalue weighted by Gasteiger charge is -2.24. The van der Waals surface area contributed by atoms with E-state index in [1.165, 1.54) is 4.90 Å². The zero-order valence-corrected chi connectivity index (χ0v) is 17.3. The van der Waals surface area contributed by atoms with Crippen molar-refractivity contribution in [1.29, 1.82) is 0 Å². The van der Waals surface area contributed by atoms with Crippen LogP contribution in [0.3, 0.4) is 0 Å². The average molecular weight is 423 g/mol. The maximum absolute atomic E-state index is 13.4. The van der Waals surface area contributed by atoms with Gasteiger partial charge in [-0.15, -0.1) is 10.2 Å². The Morgan fingerprint density at radius 1 is 1.10 bits per heavy atom. The highest BCUT2D eigenvalue weighted by molar-refractivity contribution is 6.31. The number of aromatic nitrogens is 3. The van der Waals surface area contributed by atoms with E-state index in [1.807, 2.05) is 19.9 Å². The minimum Gasteiger partial charge on any atom is -0.298 e. The summed E-state index contributed by atoms with van der Waals surface area (Å²) in [5, 5.41) is 8.78. The minimum atomic E-state index is -1.25. The predicted octanol–water partition coefficient (Wildman–Crippen LogP) is 3.25. The number of pyridine rings is 1. The van der Waals surface area contributed by atoms with E-state index in [0.717, 1.165) is 18.4 Å². The van der Waals surface area contributed by atoms with Crippen molar-refractivity contribution in [2.24, 2.45) is 11.8 Å². The van der Waals surface area contributed by atoms with Crippen molar-refractivity contribution in [3.8, 4) is 0 Å². The van der Waals surface area contributed by atoms with Crippen LogP contribution in [0.5, 0.6) is 0 Å². The zero-order chi connectivity index (χ0) is 21.2. The first-order chi connectivity index (χ1) is 14.4. The maximum Gasteiger partial charge on any atom is 0.246 e. The van der Waals surface area contributed by atoms with Crippen LogP contribution < -0.4 is 4.90 Å². The van der Waals surface area contributed by atoms with Crippen LogP contribution in [-0.2, 0) is 14.4 Å². The van der Waals surface area contributed by atoms with Gasteiger partial charge < -0.3 is 0 Å². The Hall–Kier alpha value is -3.06. The lowest BCUT2D eigenvalue weighted by atomic mass is 9.93. The number of hydrogen-bond acceptors (Lipinski definition) is 5. The minimum absolute atomic E-state index is 0.182. The molecule has 2 aliphatic rings. The Kier molecular flexibility index (Phi) is 4.25. The number of benzene rings is 1. The molecule has 1 saturated heterocycles. The lowest BCUT2D eigenvalue weighted by Crippen LogP contribution is -2.32. The number of Topliss-reactive ketones (excluding diaryl/α,β-unsaturated/α-hetero) is 2. The van der Waals surface area contributed by atoms with Gasteiger partial charge in [-0.05, 0) is 56.0 Å². The lowest BCUT2D eigenvalue weighted by molar-refractivity contribution is -0.136. The number of carbonyl (C=O) groups is 3. The van der Waals surface area contributed by atoms with Gasteiger partial charge in [0.25, 0.3) is 0 Å². The van der Waals surface area contributed by atoms with Crippen LogP contribution in [0.15, 0.2) is 36.5 Å². The summed E-state index contributed by atoms with van der Waals surface area (Å²) >= 11 is 6.02. The first kappa shape index (κ1) is 18.9. The standard InChI is InChI=1S/C22H19ClN4O3/c1-11-9-16(10-26-12(2)24-25-21(11)26)27-18(13-5-7-15(23)8-6-13)20(29)17(22(27)30)19(28)14-3-4-14/h5-10,14,17-18H,3-4H2,1-2H3. The molecule has 2 aromatic heterocycles. The molecule has 30 heavy (non-hydrogen) atoms. The van der Waals surface area contributed by atoms with Gasteiger partial charge in [0.05, 0.1) is 5.69 Å². The van der Waals surface area contributed by atoms with Crippen molar-refractivity contribution >= 4 is 40.4 Å². The van der Waals surface area contributed by atoms with Crippen LogP contribution in [0.25, 0.3) is 5.65 Å². The van der Waals surface area contributed by atoms with Gasteiger partial charge in [0.1, 0.15) is 11.9 Å². The van der Waals surface area contributed by atoms with E-state index in [1.54, 1.807) is 34.9 Å². The van der Waals surface area contributed by atoms with Crippen LogP contribution in [0, 0.1) is 25.7 Å². The normalized spacial score (nSPS) is 21.6. The molecule has 3 heterocycles. The van der Waals surface area contributed by atoms with Gasteiger partial charge in [-0.2, -0.15) is 0 Å². The van der Waals surface area contributed by atoms with Crippen molar-refractivity contribution in [2.45, 2.75) is 32.7 Å². The van der Waals surface area contributed by atoms with Crippen molar-refractivity contribution in [3.05, 3.63) is 58.5 Å². The smallest absolute Gasteiger partial charge is 0.246 e. The number of hydrogen-bond donors (Lipinski definition) is 0. The number of halogens is 1. The fourth-order valence-electron chi connectivity index (χ4n) is 4.15. The Labute approximate surface area is 177 Å². The summed E-state index contributed by atoms with van der Waals surface area (Å²) in [5.41, 5.74) is 2.66. The molecular formula is C22H19ClN4O3. The van der Waals surface area contributed by atoms with Crippen molar-refractivity contribution in [3.63, 3.8) is 0 Å². The van der Waals surface area contributed by atoms with Crippen molar-refractivity contribution < 1.29 is 14.4 Å². The highest BCUT2D eigenvalue weighted by Crippen LogP contribution is 2.42. The van der Waals surface area contributed by atoms with Gasteiger partial charge >= 0.3 is 0 Å². The molecule has 5 rings (SSSR count). The van der Waals surface area contributed by atoms with E-state index >= 15 is 0 Å². The molecule has 1 amide bonds. The third-order valence-electron chi connectivity index (χ3n) is 5.87. The second-order valence-corrected chi connectivity index (χ2v) is 8.43. The largest absolute Gasteiger partial charge is 0.298 e. The van der Waals surface area contributed by atoms with Crippen LogP contribution in [0.1, 0.15) is 35.8 Å². The molecule has 8 heteroatoms. The molecule has 2 fully saturated rings. The molecule has 152 valence electrons. The summed E-state index contributed by atoms with van der Waals surface area (Å²) in [4.78, 5) is 41.1. The second-order valence-electron chi connectivity index (χ2n) is 8.00. The molecule has 7 nitrogen and oxygen atoms in total. The van der Waals surface area contributed by atoms with Crippen LogP contribution in [-0.4, -0.2) is 32.1 Å². The number of carbonyl (C=O) groups excluding carboxylic acids is 3. The van der Waals surface area contributed by atoms with Crippen LogP contribution in [0.4, 0.5) is 5.69 Å². The van der Waals surface area contributed by atoms with Crippen molar-refractivity contribution in [2.75, 3.05) is 4.90 Å². The Balaban J connectivity index is 1.67. The fraction of sp³-hybridized carbons (Fsp3) is 0.318. The first-order valence-corrected chi connectivity index (χ1v) is 10.2. The van der Waals surface area contributed by atoms with E-state index in [2.05, 4.69) is 10.2 Å². The molecule has 1 aliphatic carbocycles. The quantitative estimate of drug-likeness (QED) is 0.602. The summed E-state index contributed by atoms with van der Waals surface area (Å²) in [6, 6.07) is 7.75. The number of ketones is 2. The molecule has 2 unspecified atom stereocenters. The van der Waals surface area contributed by atoms with Gasteiger partial charge in [-0.3, -0.25) is 23.7 Å². The van der Waals surface area contributed by atoms with Gasteiger partial charge in [0.2, 0.25) is 5.91 Å². The summed E-state index contributed by atoms with van der Waals surface area (Å²) in [5.74, 6) is -1.88. The van der Waals surface area contributed by atoms with Gasteiger partial charge in [-0.25, -0.2) is 0 Å². The Morgan fingerprint density at radius 3 is 2.47 bits per heavy atom. The van der Waals surface area contributed by atoms with E-state index in [9.17, 15) is 14.4 Å². The number of rotatable bonds is 4. The molecule has 1 saturated carbocycles. The molecule has 0 spiro atoms. The van der Waals surface area contributed by atoms with Crippen LogP contribution >= 0.6 is 11.6 Å². The summed E-state index contributed by atoms with van der Waals surface area (Å²) in [6.07, 6.45) is 3.23. The molecule has 1 aromatic carbocycles. The van der Waals surface area contributed by atoms with E-state index in [4.69, 9.17) is 11.6 Å². The molecular weight excluding hydrogens is 404 g/mol. The summed E-state index contributed by atoms with van der Waals surface area (Å²) in [6.45, 7) is 3.69. The number of amides is 1. The van der Waals surface area contributed by atoms with Gasteiger partial charge in [0.15, 0.2) is 23.1 Å². The van der Waals surface area contributed by atoms with Gasteiger partial charge in [0, 0.05) is 17.1 Å². The summed E-state index contributed by atoms with van der Waals surface area (Å²) in [7, 11) is 0. The van der Waals surface area contributed by atoms with Crippen molar-refractivity contribution in [1.82, 2.24) is 14.6 Å². The highest BCUT2D eigenvalue weighted by atomic mass is 35.5. The Morgan fingerprint density at radius 2 is 1.80 bits per heavy atom. The Bertz CT molecular complexity index is 1210. The summed E-state index contributed by atoms with van der Waals surface area (Å²) < 4.78 is 1.79. The number of aryl methyl sites for hydroxylation is 2. The predicted molar refractivity (Wildman–Crippen MR) is 110 cm³/mol. The first-order valence-electron chi connectivity index (χ1n) is 9.85. The third kappa shape index (κ3) is 2.84. The topological polar surface area (TPSA) is 84.6 Å². The monoisotopic (exact) mass is 422 g/mol. The van der Waals surface area contributed by atoms with E-state index in [-0.39, 0.29) is 17.5 Å². The molecule has 0 radical (unpaired) electrons. The third-order valence-corrected chi connectivity index (χ3v) is 6.12. The number of anilines is 1. The molecule has 1 aliphatic heterocycles. The number of nitrogens with zero attached hydrogens (tertiary/aromatic N) is 4. The highest BCUT2D eigenvalue weighted by Gasteiger charge is 2.54. The fourth-order valence-corrected chi connectivity index (χ4v) is 4.28. The SMILES string of the molecule is Cc1cc(N2C(=O)C(C(=O)C3CC3)C(=O)C2c2ccc(Cl)cc2)cn2c(C)nnc12. The molecule has 2 atom stereocenters. The van der Waals surface area contributed by atoms with Gasteiger partial charge in [-0.1, -0.05) is 23.7 Å². The van der Waals surface area contributed by atoms with E-state index < -0.39 is 17.9 Å². The van der Waals surface area contributed by atoms with Crippen LogP contribution in [0.2, 0.25) is 5.02 Å². The maximum atomic E-state index is 13.4. The average Bonchev–Trinajstić information content (AvgIpc) is 3.45. The molecule has 0 N–H and O–H groups in total. The number of fused-ring (bicyclic) bond motifs is 1. The second kappa shape index (κ2) is 6.74. The zero-order valence-electron chi connectivity index (χ0n) is 16.5.